The summed E-state index contributed by atoms with van der Waals surface area (Å²) in [6, 6.07) is 0.350. The molecule has 14 nitrogen and oxygen atoms in total. The van der Waals surface area contributed by atoms with Crippen molar-refractivity contribution >= 4 is 43.6 Å². The number of aliphatic hydroxyl groups is 2. The van der Waals surface area contributed by atoms with Gasteiger partial charge in [0.1, 0.15) is 11.9 Å². The number of rotatable bonds is 8. The van der Waals surface area contributed by atoms with E-state index in [0.717, 1.165) is 19.4 Å². The van der Waals surface area contributed by atoms with Crippen LogP contribution >= 0.6 is 26.8 Å². The maximum Gasteiger partial charge on any atom is 0.340 e. The Kier molecular flexibility index (Phi) is 7.23. The zero-order valence-electron chi connectivity index (χ0n) is 19.1. The van der Waals surface area contributed by atoms with E-state index in [1.54, 1.807) is 6.20 Å². The molecule has 0 spiro atoms. The van der Waals surface area contributed by atoms with E-state index in [2.05, 4.69) is 20.0 Å². The quantitative estimate of drug-likeness (QED) is 0.224. The van der Waals surface area contributed by atoms with Crippen LogP contribution in [-0.4, -0.2) is 88.6 Å². The Balaban J connectivity index is 1.40. The Hall–Kier alpha value is -1.18. The fourth-order valence-electron chi connectivity index (χ4n) is 5.46. The lowest BCUT2D eigenvalue weighted by Gasteiger charge is -2.46. The summed E-state index contributed by atoms with van der Waals surface area (Å²) >= 11 is 6.28. The lowest BCUT2D eigenvalue weighted by Crippen LogP contribution is -2.48. The number of piperidine rings is 2. The first-order chi connectivity index (χ1) is 17.0. The molecule has 3 saturated heterocycles. The highest BCUT2D eigenvalue weighted by atomic mass is 35.5. The third kappa shape index (κ3) is 5.22. The number of hydrogen-bond donors (Lipinski definition) is 5. The second-order valence-corrected chi connectivity index (χ2v) is 13.9. The molecule has 2 unspecified atom stereocenters. The number of halogens is 1. The summed E-state index contributed by atoms with van der Waals surface area (Å²) in [7, 11) is -9.46. The van der Waals surface area contributed by atoms with Gasteiger partial charge in [0, 0.05) is 18.5 Å². The first-order valence-electron chi connectivity index (χ1n) is 11.6. The van der Waals surface area contributed by atoms with E-state index in [9.17, 15) is 24.2 Å². The third-order valence-electron chi connectivity index (χ3n) is 7.17. The number of fused-ring (bicyclic) bond motifs is 4. The topological polar surface area (TPSA) is 201 Å². The SMILES string of the molecule is O=P(O)(O)CP(=O)(O)OC[C@H]1O[C@@H](n2ncc3c(N4CC5CCC4CC5)nc(Cl)nc32)[C@H](O)C1CO. The van der Waals surface area contributed by atoms with Crippen molar-refractivity contribution in [3.63, 3.8) is 0 Å². The Morgan fingerprint density at radius 3 is 2.50 bits per heavy atom. The van der Waals surface area contributed by atoms with Gasteiger partial charge in [0.15, 0.2) is 17.8 Å². The van der Waals surface area contributed by atoms with Crippen LogP contribution in [0.1, 0.15) is 31.9 Å². The van der Waals surface area contributed by atoms with Gasteiger partial charge >= 0.3 is 15.2 Å². The van der Waals surface area contributed by atoms with Crippen molar-refractivity contribution in [3.05, 3.63) is 11.5 Å². The fraction of sp³-hybridized carbons (Fsp3) is 0.737. The van der Waals surface area contributed by atoms with Gasteiger partial charge in [0.25, 0.3) is 0 Å². The van der Waals surface area contributed by atoms with Crippen LogP contribution in [-0.2, 0) is 18.4 Å². The fourth-order valence-corrected chi connectivity index (χ4v) is 8.19. The van der Waals surface area contributed by atoms with E-state index < -0.39 is 58.7 Å². The minimum absolute atomic E-state index is 0.00503. The van der Waals surface area contributed by atoms with E-state index in [0.29, 0.717) is 28.8 Å². The lowest BCUT2D eigenvalue weighted by molar-refractivity contribution is -0.0533. The van der Waals surface area contributed by atoms with E-state index in [4.69, 9.17) is 30.6 Å². The molecule has 5 atom stereocenters. The van der Waals surface area contributed by atoms with Crippen molar-refractivity contribution in [1.29, 1.82) is 0 Å². The summed E-state index contributed by atoms with van der Waals surface area (Å²) < 4.78 is 35.2. The summed E-state index contributed by atoms with van der Waals surface area (Å²) in [6.07, 6.45) is 2.59. The average Bonchev–Trinajstić information content (AvgIpc) is 3.36. The number of ether oxygens (including phenoxy) is 1. The maximum absolute atomic E-state index is 12.0. The van der Waals surface area contributed by atoms with Crippen LogP contribution in [0.5, 0.6) is 0 Å². The zero-order valence-corrected chi connectivity index (χ0v) is 21.6. The standard InChI is InChI=1S/C19H28ClN5O9P2/c20-19-22-16(24-6-10-1-3-11(24)4-2-10)12-5-21-25(17(12)23-19)18-15(27)13(7-26)14(34-18)8-33-36(31,32)9-35(28,29)30/h5,10-11,13-15,18,26-27H,1-4,6-9H2,(H,31,32)(H2,28,29,30)/t10?,11?,13?,14-,15-,18-/m1/s1. The summed E-state index contributed by atoms with van der Waals surface area (Å²) in [6.45, 7) is -0.275. The van der Waals surface area contributed by atoms with E-state index in [-0.39, 0.29) is 5.28 Å². The lowest BCUT2D eigenvalue weighted by atomic mass is 9.80. The number of aliphatic hydroxyl groups excluding tert-OH is 2. The van der Waals surface area contributed by atoms with Crippen molar-refractivity contribution in [2.24, 2.45) is 11.8 Å². The molecule has 2 aromatic rings. The molecule has 0 aromatic carbocycles. The van der Waals surface area contributed by atoms with Gasteiger partial charge in [-0.25, -0.2) is 4.68 Å². The minimum atomic E-state index is -4.81. The van der Waals surface area contributed by atoms with Gasteiger partial charge in [-0.05, 0) is 43.2 Å². The molecule has 5 heterocycles. The van der Waals surface area contributed by atoms with Gasteiger partial charge in [0.05, 0.1) is 30.9 Å². The molecule has 6 rings (SSSR count). The van der Waals surface area contributed by atoms with E-state index in [1.807, 2.05) is 0 Å². The van der Waals surface area contributed by atoms with Crippen LogP contribution in [0.4, 0.5) is 5.82 Å². The van der Waals surface area contributed by atoms with Gasteiger partial charge in [0.2, 0.25) is 5.28 Å². The molecule has 2 aromatic heterocycles. The maximum atomic E-state index is 12.0. The van der Waals surface area contributed by atoms with Crippen LogP contribution in [0, 0.1) is 11.8 Å². The molecular formula is C19H28ClN5O9P2. The highest BCUT2D eigenvalue weighted by Gasteiger charge is 2.47. The molecule has 3 aliphatic heterocycles. The summed E-state index contributed by atoms with van der Waals surface area (Å²) in [5.41, 5.74) is 0.322. The second kappa shape index (κ2) is 9.85. The first kappa shape index (κ1) is 26.4. The predicted molar refractivity (Wildman–Crippen MR) is 127 cm³/mol. The van der Waals surface area contributed by atoms with Gasteiger partial charge < -0.3 is 39.1 Å². The normalized spacial score (nSPS) is 32.3. The molecule has 4 aliphatic rings. The van der Waals surface area contributed by atoms with Gasteiger partial charge in [-0.1, -0.05) is 0 Å². The highest BCUT2D eigenvalue weighted by molar-refractivity contribution is 7.70. The molecule has 0 radical (unpaired) electrons. The molecule has 36 heavy (non-hydrogen) atoms. The summed E-state index contributed by atoms with van der Waals surface area (Å²) in [5, 5.41) is 25.7. The van der Waals surface area contributed by atoms with Crippen molar-refractivity contribution in [1.82, 2.24) is 19.7 Å². The number of hydrogen-bond acceptors (Lipinski definition) is 10. The molecule has 1 saturated carbocycles. The van der Waals surface area contributed by atoms with Crippen molar-refractivity contribution < 1.29 is 43.3 Å². The Labute approximate surface area is 210 Å². The van der Waals surface area contributed by atoms with Crippen molar-refractivity contribution in [2.45, 2.75) is 50.2 Å². The third-order valence-corrected chi connectivity index (χ3v) is 10.8. The Morgan fingerprint density at radius 2 is 1.89 bits per heavy atom. The second-order valence-electron chi connectivity index (χ2n) is 9.61. The van der Waals surface area contributed by atoms with E-state index in [1.165, 1.54) is 17.5 Å². The van der Waals surface area contributed by atoms with E-state index >= 15 is 0 Å². The highest BCUT2D eigenvalue weighted by Crippen LogP contribution is 2.55. The van der Waals surface area contributed by atoms with Crippen LogP contribution in [0.2, 0.25) is 5.28 Å². The minimum Gasteiger partial charge on any atom is -0.396 e. The first-order valence-corrected chi connectivity index (χ1v) is 15.5. The molecule has 17 heteroatoms. The van der Waals surface area contributed by atoms with Crippen molar-refractivity contribution in [3.8, 4) is 0 Å². The van der Waals surface area contributed by atoms with Gasteiger partial charge in [-0.15, -0.1) is 0 Å². The molecule has 0 amide bonds. The number of nitrogens with zero attached hydrogens (tertiary/aromatic N) is 5. The Morgan fingerprint density at radius 1 is 1.17 bits per heavy atom. The summed E-state index contributed by atoms with van der Waals surface area (Å²) in [5.74, 6) is -1.04. The monoisotopic (exact) mass is 567 g/mol. The Bertz CT molecular complexity index is 1220. The number of anilines is 1. The predicted octanol–water partition coefficient (Wildman–Crippen LogP) is 1.06. The molecule has 5 N–H and O–H groups in total. The largest absolute Gasteiger partial charge is 0.396 e. The van der Waals surface area contributed by atoms with Crippen LogP contribution in [0.25, 0.3) is 11.0 Å². The van der Waals surface area contributed by atoms with Gasteiger partial charge in [-0.3, -0.25) is 9.13 Å². The van der Waals surface area contributed by atoms with Crippen molar-refractivity contribution in [2.75, 3.05) is 30.6 Å². The van der Waals surface area contributed by atoms with Gasteiger partial charge in [-0.2, -0.15) is 15.1 Å². The molecule has 4 fully saturated rings. The summed E-state index contributed by atoms with van der Waals surface area (Å²) in [4.78, 5) is 38.7. The smallest absolute Gasteiger partial charge is 0.340 e. The molecule has 2 bridgehead atoms. The molecular weight excluding hydrogens is 540 g/mol. The number of aromatic nitrogens is 4. The van der Waals surface area contributed by atoms with Crippen LogP contribution in [0.15, 0.2) is 6.20 Å². The van der Waals surface area contributed by atoms with Crippen LogP contribution in [0.3, 0.4) is 0 Å². The average molecular weight is 568 g/mol. The van der Waals surface area contributed by atoms with Crippen LogP contribution < -0.4 is 4.90 Å². The zero-order chi connectivity index (χ0) is 25.8. The molecule has 1 aliphatic carbocycles. The molecule has 200 valence electrons.